The number of anilines is 2. The molecule has 0 unspecified atom stereocenters. The molecule has 0 aliphatic carbocycles. The summed E-state index contributed by atoms with van der Waals surface area (Å²) >= 11 is 0. The van der Waals surface area contributed by atoms with Gasteiger partial charge in [-0.1, -0.05) is 6.07 Å². The van der Waals surface area contributed by atoms with Crippen LogP contribution in [0.1, 0.15) is 17.7 Å². The Morgan fingerprint density at radius 1 is 1.15 bits per heavy atom. The van der Waals surface area contributed by atoms with Crippen molar-refractivity contribution >= 4 is 22.7 Å². The van der Waals surface area contributed by atoms with E-state index in [1.807, 2.05) is 13.0 Å². The van der Waals surface area contributed by atoms with Gasteiger partial charge in [0.2, 0.25) is 0 Å². The Hall–Kier alpha value is -3.04. The SMILES string of the molecule is COc1ccc(CN2CCN(c3nc4cc(C)ncc4nc3N[C@H]3CCOC3)CC2)c(F)c1. The van der Waals surface area contributed by atoms with E-state index in [4.69, 9.17) is 19.4 Å². The van der Waals surface area contributed by atoms with Gasteiger partial charge in [-0.25, -0.2) is 14.4 Å². The quantitative estimate of drug-likeness (QED) is 0.612. The average molecular weight is 453 g/mol. The van der Waals surface area contributed by atoms with Crippen molar-refractivity contribution < 1.29 is 13.9 Å². The molecule has 0 spiro atoms. The number of rotatable bonds is 6. The second-order valence-corrected chi connectivity index (χ2v) is 8.64. The highest BCUT2D eigenvalue weighted by Gasteiger charge is 2.25. The third kappa shape index (κ3) is 4.84. The highest BCUT2D eigenvalue weighted by Crippen LogP contribution is 2.28. The van der Waals surface area contributed by atoms with Crippen molar-refractivity contribution in [3.8, 4) is 5.75 Å². The van der Waals surface area contributed by atoms with Gasteiger partial charge in [-0.2, -0.15) is 0 Å². The predicted octanol–water partition coefficient (Wildman–Crippen LogP) is 3.00. The van der Waals surface area contributed by atoms with Gasteiger partial charge in [0, 0.05) is 56.7 Å². The molecule has 1 aromatic carbocycles. The van der Waals surface area contributed by atoms with E-state index in [1.54, 1.807) is 25.4 Å². The van der Waals surface area contributed by atoms with Crippen LogP contribution in [0.25, 0.3) is 11.0 Å². The van der Waals surface area contributed by atoms with E-state index in [9.17, 15) is 4.39 Å². The number of aromatic nitrogens is 3. The highest BCUT2D eigenvalue weighted by atomic mass is 19.1. The van der Waals surface area contributed by atoms with Gasteiger partial charge < -0.3 is 19.7 Å². The first kappa shape index (κ1) is 21.8. The van der Waals surface area contributed by atoms with Crippen LogP contribution in [0.5, 0.6) is 5.75 Å². The molecule has 4 heterocycles. The van der Waals surface area contributed by atoms with Crippen LogP contribution in [0.2, 0.25) is 0 Å². The molecule has 33 heavy (non-hydrogen) atoms. The van der Waals surface area contributed by atoms with Crippen LogP contribution in [0, 0.1) is 12.7 Å². The lowest BCUT2D eigenvalue weighted by molar-refractivity contribution is 0.195. The highest BCUT2D eigenvalue weighted by molar-refractivity contribution is 5.80. The molecule has 2 saturated heterocycles. The summed E-state index contributed by atoms with van der Waals surface area (Å²) in [6.45, 7) is 7.17. The molecular formula is C24H29FN6O2. The average Bonchev–Trinajstić information content (AvgIpc) is 3.34. The summed E-state index contributed by atoms with van der Waals surface area (Å²) in [7, 11) is 1.55. The maximum Gasteiger partial charge on any atom is 0.172 e. The van der Waals surface area contributed by atoms with E-state index < -0.39 is 0 Å². The van der Waals surface area contributed by atoms with E-state index in [0.29, 0.717) is 24.5 Å². The minimum absolute atomic E-state index is 0.230. The van der Waals surface area contributed by atoms with E-state index in [2.05, 4.69) is 20.1 Å². The molecule has 1 atom stereocenters. The number of hydrogen-bond donors (Lipinski definition) is 1. The maximum atomic E-state index is 14.4. The zero-order valence-electron chi connectivity index (χ0n) is 19.1. The normalized spacial score (nSPS) is 19.2. The molecule has 9 heteroatoms. The van der Waals surface area contributed by atoms with Crippen LogP contribution in [-0.4, -0.2) is 72.4 Å². The van der Waals surface area contributed by atoms with Gasteiger partial charge in [-0.05, 0) is 25.5 Å². The van der Waals surface area contributed by atoms with E-state index >= 15 is 0 Å². The summed E-state index contributed by atoms with van der Waals surface area (Å²) in [6.07, 6.45) is 2.73. The van der Waals surface area contributed by atoms with Crippen LogP contribution >= 0.6 is 0 Å². The molecule has 0 saturated carbocycles. The summed E-state index contributed by atoms with van der Waals surface area (Å²) in [5, 5.41) is 3.54. The number of nitrogens with zero attached hydrogens (tertiary/aromatic N) is 5. The van der Waals surface area contributed by atoms with Crippen molar-refractivity contribution in [1.29, 1.82) is 0 Å². The molecule has 5 rings (SSSR count). The minimum Gasteiger partial charge on any atom is -0.497 e. The lowest BCUT2D eigenvalue weighted by atomic mass is 10.1. The van der Waals surface area contributed by atoms with Gasteiger partial charge in [-0.3, -0.25) is 9.88 Å². The first-order valence-corrected chi connectivity index (χ1v) is 11.4. The summed E-state index contributed by atoms with van der Waals surface area (Å²) in [6, 6.07) is 7.25. The van der Waals surface area contributed by atoms with E-state index in [-0.39, 0.29) is 11.9 Å². The largest absolute Gasteiger partial charge is 0.497 e. The summed E-state index contributed by atoms with van der Waals surface area (Å²) in [5.41, 5.74) is 3.22. The number of aryl methyl sites for hydroxylation is 1. The molecule has 2 aromatic heterocycles. The van der Waals surface area contributed by atoms with Crippen LogP contribution in [-0.2, 0) is 11.3 Å². The van der Waals surface area contributed by atoms with Crippen molar-refractivity contribution in [2.45, 2.75) is 25.9 Å². The van der Waals surface area contributed by atoms with Gasteiger partial charge in [0.05, 0.1) is 31.5 Å². The third-order valence-corrected chi connectivity index (χ3v) is 6.27. The van der Waals surface area contributed by atoms with Gasteiger partial charge in [0.15, 0.2) is 11.6 Å². The standard InChI is InChI=1S/C24H29FN6O2/c1-16-11-21-22(13-26-16)28-23(27-18-5-10-33-15-18)24(29-21)31-8-6-30(7-9-31)14-17-3-4-19(32-2)12-20(17)25/h3-4,11-13,18H,5-10,14-15H2,1-2H3,(H,27,28)/t18-/m0/s1. The van der Waals surface area contributed by atoms with Crippen molar-refractivity contribution in [2.24, 2.45) is 0 Å². The van der Waals surface area contributed by atoms with Gasteiger partial charge in [-0.15, -0.1) is 0 Å². The van der Waals surface area contributed by atoms with E-state index in [1.165, 1.54) is 6.07 Å². The first-order chi connectivity index (χ1) is 16.1. The molecule has 0 bridgehead atoms. The number of hydrogen-bond acceptors (Lipinski definition) is 8. The number of pyridine rings is 1. The van der Waals surface area contributed by atoms with Crippen molar-refractivity contribution in [1.82, 2.24) is 19.9 Å². The first-order valence-electron chi connectivity index (χ1n) is 11.4. The summed E-state index contributed by atoms with van der Waals surface area (Å²) in [5.74, 6) is 1.94. The molecule has 2 fully saturated rings. The molecule has 2 aliphatic rings. The van der Waals surface area contributed by atoms with Crippen molar-refractivity contribution in [3.05, 3.63) is 47.5 Å². The Labute approximate surface area is 192 Å². The lowest BCUT2D eigenvalue weighted by Crippen LogP contribution is -2.46. The number of methoxy groups -OCH3 is 1. The molecule has 2 aliphatic heterocycles. The number of fused-ring (bicyclic) bond motifs is 1. The van der Waals surface area contributed by atoms with Gasteiger partial charge >= 0.3 is 0 Å². The minimum atomic E-state index is -0.230. The number of nitrogens with one attached hydrogen (secondary N) is 1. The van der Waals surface area contributed by atoms with Crippen LogP contribution in [0.3, 0.4) is 0 Å². The molecule has 0 amide bonds. The smallest absolute Gasteiger partial charge is 0.172 e. The molecule has 8 nitrogen and oxygen atoms in total. The summed E-state index contributed by atoms with van der Waals surface area (Å²) in [4.78, 5) is 18.7. The fraction of sp³-hybridized carbons (Fsp3) is 0.458. The molecule has 3 aromatic rings. The Balaban J connectivity index is 1.33. The Morgan fingerprint density at radius 3 is 2.73 bits per heavy atom. The second kappa shape index (κ2) is 9.44. The zero-order valence-corrected chi connectivity index (χ0v) is 19.1. The number of halogens is 1. The molecule has 0 radical (unpaired) electrons. The van der Waals surface area contributed by atoms with Crippen LogP contribution < -0.4 is 15.0 Å². The maximum absolute atomic E-state index is 14.4. The van der Waals surface area contributed by atoms with Crippen molar-refractivity contribution in [3.63, 3.8) is 0 Å². The zero-order chi connectivity index (χ0) is 22.8. The van der Waals surface area contributed by atoms with Gasteiger partial charge in [0.25, 0.3) is 0 Å². The topological polar surface area (TPSA) is 75.6 Å². The fourth-order valence-electron chi connectivity index (χ4n) is 4.35. The Bertz CT molecular complexity index is 1130. The monoisotopic (exact) mass is 452 g/mol. The number of piperazine rings is 1. The predicted molar refractivity (Wildman–Crippen MR) is 125 cm³/mol. The van der Waals surface area contributed by atoms with Crippen LogP contribution in [0.15, 0.2) is 30.5 Å². The molecule has 1 N–H and O–H groups in total. The van der Waals surface area contributed by atoms with Crippen LogP contribution in [0.4, 0.5) is 16.0 Å². The van der Waals surface area contributed by atoms with E-state index in [0.717, 1.165) is 67.6 Å². The fourth-order valence-corrected chi connectivity index (χ4v) is 4.35. The van der Waals surface area contributed by atoms with Crippen molar-refractivity contribution in [2.75, 3.05) is 56.7 Å². The Morgan fingerprint density at radius 2 is 2.00 bits per heavy atom. The summed E-state index contributed by atoms with van der Waals surface area (Å²) < 4.78 is 25.0. The Kier molecular flexibility index (Phi) is 6.24. The number of benzene rings is 1. The number of ether oxygens (including phenoxy) is 2. The molecular weight excluding hydrogens is 423 g/mol. The van der Waals surface area contributed by atoms with Gasteiger partial charge in [0.1, 0.15) is 17.1 Å². The molecule has 174 valence electrons. The second-order valence-electron chi connectivity index (χ2n) is 8.64. The third-order valence-electron chi connectivity index (χ3n) is 6.27. The lowest BCUT2D eigenvalue weighted by Gasteiger charge is -2.36.